The highest BCUT2D eigenvalue weighted by Gasteiger charge is 2.46. The summed E-state index contributed by atoms with van der Waals surface area (Å²) < 4.78 is 1.88. The van der Waals surface area contributed by atoms with E-state index in [4.69, 9.17) is 0 Å². The van der Waals surface area contributed by atoms with E-state index >= 15 is 0 Å². The summed E-state index contributed by atoms with van der Waals surface area (Å²) in [5.41, 5.74) is 1.70. The number of likely N-dealkylation sites (N-methyl/N-ethyl adjacent to an activating group) is 1. The highest BCUT2D eigenvalue weighted by atomic mass is 16.2. The maximum Gasteiger partial charge on any atom is 0.223 e. The van der Waals surface area contributed by atoms with Crippen molar-refractivity contribution in [2.45, 2.75) is 43.6 Å². The Morgan fingerprint density at radius 1 is 1.19 bits per heavy atom. The smallest absolute Gasteiger partial charge is 0.223 e. The number of piperidine rings is 1. The summed E-state index contributed by atoms with van der Waals surface area (Å²) >= 11 is 0. The van der Waals surface area contributed by atoms with Gasteiger partial charge >= 0.3 is 0 Å². The molecule has 0 bridgehead atoms. The molecule has 2 aliphatic rings. The first-order valence-electron chi connectivity index (χ1n) is 9.94. The number of hydrogen-bond acceptors (Lipinski definition) is 4. The highest BCUT2D eigenvalue weighted by Crippen LogP contribution is 2.43. The van der Waals surface area contributed by atoms with Crippen molar-refractivity contribution in [3.8, 4) is 0 Å². The van der Waals surface area contributed by atoms with E-state index in [1.54, 1.807) is 6.33 Å². The minimum absolute atomic E-state index is 0.244. The molecule has 0 radical (unpaired) electrons. The Hall–Kier alpha value is -2.21. The largest absolute Gasteiger partial charge is 0.343 e. The molecule has 2 fully saturated rings. The van der Waals surface area contributed by atoms with Crippen molar-refractivity contribution in [2.75, 3.05) is 26.7 Å². The predicted octanol–water partition coefficient (Wildman–Crippen LogP) is 2.23. The molecule has 3 heterocycles. The van der Waals surface area contributed by atoms with Crippen LogP contribution in [0.3, 0.4) is 0 Å². The molecule has 144 valence electrons. The van der Waals surface area contributed by atoms with E-state index in [1.807, 2.05) is 16.5 Å². The molecule has 2 saturated heterocycles. The van der Waals surface area contributed by atoms with Crippen molar-refractivity contribution in [2.24, 2.45) is 7.05 Å². The van der Waals surface area contributed by atoms with Gasteiger partial charge in [0.1, 0.15) is 12.2 Å². The van der Waals surface area contributed by atoms with Gasteiger partial charge in [-0.3, -0.25) is 9.69 Å². The van der Waals surface area contributed by atoms with E-state index in [1.165, 1.54) is 12.0 Å². The molecule has 6 heteroatoms. The Balaban J connectivity index is 1.33. The lowest BCUT2D eigenvalue weighted by Crippen LogP contribution is -2.52. The summed E-state index contributed by atoms with van der Waals surface area (Å²) in [6, 6.07) is 10.9. The lowest BCUT2D eigenvalue weighted by atomic mass is 9.81. The van der Waals surface area contributed by atoms with Crippen LogP contribution in [-0.2, 0) is 18.3 Å². The van der Waals surface area contributed by atoms with Crippen LogP contribution in [0.15, 0.2) is 36.7 Å². The lowest BCUT2D eigenvalue weighted by Gasteiger charge is -2.43. The molecule has 1 aromatic heterocycles. The van der Waals surface area contributed by atoms with Crippen molar-refractivity contribution < 1.29 is 4.79 Å². The molecule has 1 amide bonds. The third kappa shape index (κ3) is 3.63. The van der Waals surface area contributed by atoms with Gasteiger partial charge in [-0.05, 0) is 37.8 Å². The van der Waals surface area contributed by atoms with E-state index < -0.39 is 0 Å². The van der Waals surface area contributed by atoms with Gasteiger partial charge in [0.05, 0.1) is 0 Å². The summed E-state index contributed by atoms with van der Waals surface area (Å²) in [7, 11) is 4.18. The summed E-state index contributed by atoms with van der Waals surface area (Å²) in [5.74, 6) is 1.72. The van der Waals surface area contributed by atoms with Gasteiger partial charge in [-0.25, -0.2) is 0 Å². The summed E-state index contributed by atoms with van der Waals surface area (Å²) in [6.45, 7) is 2.84. The van der Waals surface area contributed by atoms with E-state index in [0.29, 0.717) is 18.8 Å². The average molecular weight is 367 g/mol. The quantitative estimate of drug-likeness (QED) is 0.832. The van der Waals surface area contributed by atoms with E-state index in [0.717, 1.165) is 38.3 Å². The fourth-order valence-electron chi connectivity index (χ4n) is 4.82. The first-order chi connectivity index (χ1) is 13.1. The van der Waals surface area contributed by atoms with Crippen LogP contribution in [0.2, 0.25) is 0 Å². The average Bonchev–Trinajstić information content (AvgIpc) is 3.24. The third-order valence-corrected chi connectivity index (χ3v) is 6.62. The van der Waals surface area contributed by atoms with Gasteiger partial charge in [0.15, 0.2) is 0 Å². The van der Waals surface area contributed by atoms with Crippen molar-refractivity contribution in [3.63, 3.8) is 0 Å². The zero-order valence-corrected chi connectivity index (χ0v) is 16.3. The molecule has 2 aliphatic heterocycles. The van der Waals surface area contributed by atoms with Gasteiger partial charge < -0.3 is 9.47 Å². The van der Waals surface area contributed by atoms with Crippen molar-refractivity contribution in [1.82, 2.24) is 24.6 Å². The third-order valence-electron chi connectivity index (χ3n) is 6.62. The molecule has 0 saturated carbocycles. The fraction of sp³-hybridized carbons (Fsp3) is 0.571. The highest BCUT2D eigenvalue weighted by molar-refractivity contribution is 5.76. The number of aromatic nitrogens is 3. The molecule has 1 spiro atoms. The predicted molar refractivity (Wildman–Crippen MR) is 104 cm³/mol. The number of aryl methyl sites for hydroxylation is 2. The van der Waals surface area contributed by atoms with Gasteiger partial charge in [-0.2, -0.15) is 0 Å². The topological polar surface area (TPSA) is 54.3 Å². The Morgan fingerprint density at radius 3 is 2.59 bits per heavy atom. The summed E-state index contributed by atoms with van der Waals surface area (Å²) in [4.78, 5) is 17.2. The molecular weight excluding hydrogens is 338 g/mol. The number of benzene rings is 1. The minimum atomic E-state index is 0.244. The maximum atomic E-state index is 12.6. The molecule has 1 atom stereocenters. The van der Waals surface area contributed by atoms with Crippen LogP contribution >= 0.6 is 0 Å². The summed E-state index contributed by atoms with van der Waals surface area (Å²) in [5, 5.41) is 7.96. The molecule has 2 aromatic rings. The van der Waals surface area contributed by atoms with Crippen LogP contribution in [-0.4, -0.2) is 62.7 Å². The van der Waals surface area contributed by atoms with Crippen LogP contribution in [0.25, 0.3) is 0 Å². The molecule has 1 unspecified atom stereocenters. The summed E-state index contributed by atoms with van der Waals surface area (Å²) in [6.07, 6.45) is 6.21. The number of hydrogen-bond donors (Lipinski definition) is 0. The zero-order valence-electron chi connectivity index (χ0n) is 16.3. The SMILES string of the molecule is CN1CC(c2ccccc2)CC12CCN(C(=O)CCc1nncn1C)CC2. The number of likely N-dealkylation sites (tertiary alicyclic amines) is 2. The molecule has 1 aromatic carbocycles. The number of carbonyl (C=O) groups is 1. The van der Waals surface area contributed by atoms with Gasteiger partial charge in [0, 0.05) is 45.1 Å². The Morgan fingerprint density at radius 2 is 1.93 bits per heavy atom. The normalized spacial score (nSPS) is 22.4. The van der Waals surface area contributed by atoms with Crippen LogP contribution in [0.4, 0.5) is 0 Å². The first kappa shape index (κ1) is 18.2. The van der Waals surface area contributed by atoms with Crippen LogP contribution in [0.1, 0.15) is 43.0 Å². The van der Waals surface area contributed by atoms with Gasteiger partial charge in [0.2, 0.25) is 5.91 Å². The van der Waals surface area contributed by atoms with Crippen molar-refractivity contribution in [3.05, 3.63) is 48.0 Å². The molecule has 6 nitrogen and oxygen atoms in total. The molecular formula is C21H29N5O. The van der Waals surface area contributed by atoms with Crippen molar-refractivity contribution in [1.29, 1.82) is 0 Å². The van der Waals surface area contributed by atoms with Gasteiger partial charge in [-0.1, -0.05) is 30.3 Å². The first-order valence-corrected chi connectivity index (χ1v) is 9.94. The second kappa shape index (κ2) is 7.43. The van der Waals surface area contributed by atoms with E-state index in [9.17, 15) is 4.79 Å². The Kier molecular flexibility index (Phi) is 5.00. The van der Waals surface area contributed by atoms with E-state index in [2.05, 4.69) is 52.5 Å². The Bertz CT molecular complexity index is 779. The van der Waals surface area contributed by atoms with E-state index in [-0.39, 0.29) is 11.4 Å². The van der Waals surface area contributed by atoms with Crippen LogP contribution in [0, 0.1) is 0 Å². The minimum Gasteiger partial charge on any atom is -0.343 e. The number of amides is 1. The number of carbonyl (C=O) groups excluding carboxylic acids is 1. The zero-order chi connectivity index (χ0) is 18.9. The van der Waals surface area contributed by atoms with Gasteiger partial charge in [0.25, 0.3) is 0 Å². The maximum absolute atomic E-state index is 12.6. The molecule has 27 heavy (non-hydrogen) atoms. The van der Waals surface area contributed by atoms with Crippen LogP contribution in [0.5, 0.6) is 0 Å². The monoisotopic (exact) mass is 367 g/mol. The van der Waals surface area contributed by atoms with Gasteiger partial charge in [-0.15, -0.1) is 10.2 Å². The molecule has 4 rings (SSSR count). The molecule has 0 N–H and O–H groups in total. The lowest BCUT2D eigenvalue weighted by molar-refractivity contribution is -0.133. The second-order valence-corrected chi connectivity index (χ2v) is 8.16. The van der Waals surface area contributed by atoms with Crippen molar-refractivity contribution >= 4 is 5.91 Å². The standard InChI is InChI=1S/C21H29N5O/c1-24-16-22-23-19(24)8-9-20(27)26-12-10-21(11-13-26)14-18(15-25(21)2)17-6-4-3-5-7-17/h3-7,16,18H,8-15H2,1-2H3. The Labute approximate surface area is 161 Å². The number of rotatable bonds is 4. The fourth-order valence-corrected chi connectivity index (χ4v) is 4.82. The number of nitrogens with zero attached hydrogens (tertiary/aromatic N) is 5. The molecule has 0 aliphatic carbocycles. The second-order valence-electron chi connectivity index (χ2n) is 8.16. The van der Waals surface area contributed by atoms with Crippen LogP contribution < -0.4 is 0 Å².